The number of carbonyl (C=O) groups excluding carboxylic acids is 1. The molecule has 0 heterocycles. The zero-order valence-electron chi connectivity index (χ0n) is 6.86. The lowest BCUT2D eigenvalue weighted by atomic mass is 10.3. The van der Waals surface area contributed by atoms with Gasteiger partial charge in [0.2, 0.25) is 0 Å². The van der Waals surface area contributed by atoms with Crippen LogP contribution in [0.3, 0.4) is 0 Å². The molecule has 13 heavy (non-hydrogen) atoms. The number of benzene rings is 1. The van der Waals surface area contributed by atoms with E-state index in [1.165, 1.54) is 0 Å². The molecule has 1 rings (SSSR count). The summed E-state index contributed by atoms with van der Waals surface area (Å²) in [7, 11) is 0. The van der Waals surface area contributed by atoms with Crippen molar-refractivity contribution in [2.24, 2.45) is 5.73 Å². The molecule has 70 valence electrons. The van der Waals surface area contributed by atoms with Gasteiger partial charge >= 0.3 is 0 Å². The fraction of sp³-hybridized carbons (Fsp3) is 0.125. The van der Waals surface area contributed by atoms with Crippen molar-refractivity contribution in [2.75, 3.05) is 12.3 Å². The molecule has 0 unspecified atom stereocenters. The van der Waals surface area contributed by atoms with Gasteiger partial charge < -0.3 is 16.2 Å². The van der Waals surface area contributed by atoms with Crippen molar-refractivity contribution in [1.29, 1.82) is 0 Å². The summed E-state index contributed by atoms with van der Waals surface area (Å²) in [6, 6.07) is 4.93. The average Bonchev–Trinajstić information content (AvgIpc) is 2.07. The van der Waals surface area contributed by atoms with E-state index < -0.39 is 5.91 Å². The minimum absolute atomic E-state index is 0.142. The van der Waals surface area contributed by atoms with Crippen LogP contribution in [0.25, 0.3) is 0 Å². The summed E-state index contributed by atoms with van der Waals surface area (Å²) < 4.78 is 5.02. The van der Waals surface area contributed by atoms with Crippen LogP contribution >= 0.6 is 12.6 Å². The SMILES string of the molecule is NC(=O)COc1ccc(N)c(S)c1. The van der Waals surface area contributed by atoms with Gasteiger partial charge in [0.1, 0.15) is 5.75 Å². The standard InChI is InChI=1S/C8H10N2O2S/c9-6-2-1-5(3-7(6)13)12-4-8(10)11/h1-3,13H,4,9H2,(H2,10,11). The molecule has 0 radical (unpaired) electrons. The van der Waals surface area contributed by atoms with Gasteiger partial charge in [-0.3, -0.25) is 4.79 Å². The van der Waals surface area contributed by atoms with E-state index in [-0.39, 0.29) is 6.61 Å². The molecular formula is C8H10N2O2S. The highest BCUT2D eigenvalue weighted by Crippen LogP contribution is 2.22. The van der Waals surface area contributed by atoms with E-state index in [0.29, 0.717) is 16.3 Å². The van der Waals surface area contributed by atoms with Crippen LogP contribution in [-0.4, -0.2) is 12.5 Å². The number of hydrogen-bond acceptors (Lipinski definition) is 4. The molecule has 0 saturated carbocycles. The Balaban J connectivity index is 2.68. The summed E-state index contributed by atoms with van der Waals surface area (Å²) in [5, 5.41) is 0. The lowest BCUT2D eigenvalue weighted by molar-refractivity contribution is -0.119. The third-order valence-electron chi connectivity index (χ3n) is 1.38. The van der Waals surface area contributed by atoms with Crippen molar-refractivity contribution >= 4 is 24.2 Å². The fourth-order valence-corrected chi connectivity index (χ4v) is 0.970. The van der Waals surface area contributed by atoms with Crippen LogP contribution < -0.4 is 16.2 Å². The predicted molar refractivity (Wildman–Crippen MR) is 52.8 cm³/mol. The fourth-order valence-electron chi connectivity index (χ4n) is 0.768. The molecular weight excluding hydrogens is 188 g/mol. The third kappa shape index (κ3) is 2.87. The number of thiol groups is 1. The second kappa shape index (κ2) is 4.04. The first-order valence-electron chi connectivity index (χ1n) is 3.59. The van der Waals surface area contributed by atoms with Crippen molar-refractivity contribution in [1.82, 2.24) is 0 Å². The zero-order valence-corrected chi connectivity index (χ0v) is 7.75. The lowest BCUT2D eigenvalue weighted by Gasteiger charge is -2.05. The van der Waals surface area contributed by atoms with E-state index >= 15 is 0 Å². The lowest BCUT2D eigenvalue weighted by Crippen LogP contribution is -2.20. The molecule has 1 amide bonds. The Labute approximate surface area is 81.3 Å². The van der Waals surface area contributed by atoms with Gasteiger partial charge in [-0.2, -0.15) is 0 Å². The number of nitrogen functional groups attached to an aromatic ring is 1. The number of primary amides is 1. The highest BCUT2D eigenvalue weighted by molar-refractivity contribution is 7.80. The van der Waals surface area contributed by atoms with Gasteiger partial charge in [0.15, 0.2) is 6.61 Å². The van der Waals surface area contributed by atoms with E-state index in [1.54, 1.807) is 18.2 Å². The molecule has 0 aliphatic rings. The highest BCUT2D eigenvalue weighted by atomic mass is 32.1. The molecule has 0 fully saturated rings. The topological polar surface area (TPSA) is 78.3 Å². The van der Waals surface area contributed by atoms with E-state index in [1.807, 2.05) is 0 Å². The number of amides is 1. The van der Waals surface area contributed by atoms with Gasteiger partial charge in [-0.1, -0.05) is 0 Å². The van der Waals surface area contributed by atoms with Crippen LogP contribution in [0.15, 0.2) is 23.1 Å². The predicted octanol–water partition coefficient (Wildman–Crippen LogP) is 0.422. The Morgan fingerprint density at radius 1 is 1.54 bits per heavy atom. The summed E-state index contributed by atoms with van der Waals surface area (Å²) >= 11 is 4.09. The third-order valence-corrected chi connectivity index (χ3v) is 1.77. The van der Waals surface area contributed by atoms with Gasteiger partial charge in [-0.05, 0) is 18.2 Å². The molecule has 1 aromatic carbocycles. The van der Waals surface area contributed by atoms with Gasteiger partial charge in [-0.15, -0.1) is 12.6 Å². The van der Waals surface area contributed by atoms with Crippen molar-refractivity contribution in [3.63, 3.8) is 0 Å². The summed E-state index contributed by atoms with van der Waals surface area (Å²) in [4.78, 5) is 11.0. The summed E-state index contributed by atoms with van der Waals surface area (Å²) in [6.07, 6.45) is 0. The van der Waals surface area contributed by atoms with Gasteiger partial charge in [0.05, 0.1) is 0 Å². The molecule has 0 spiro atoms. The first-order valence-corrected chi connectivity index (χ1v) is 4.04. The van der Waals surface area contributed by atoms with Crippen molar-refractivity contribution in [3.05, 3.63) is 18.2 Å². The summed E-state index contributed by atoms with van der Waals surface area (Å²) in [6.45, 7) is -0.142. The number of rotatable bonds is 3. The second-order valence-electron chi connectivity index (χ2n) is 2.48. The summed E-state index contributed by atoms with van der Waals surface area (Å²) in [5.41, 5.74) is 11.0. The molecule has 0 saturated heterocycles. The number of carbonyl (C=O) groups is 1. The number of ether oxygens (including phenoxy) is 1. The monoisotopic (exact) mass is 198 g/mol. The molecule has 4 N–H and O–H groups in total. The Morgan fingerprint density at radius 2 is 2.23 bits per heavy atom. The number of anilines is 1. The molecule has 0 aliphatic carbocycles. The molecule has 0 aromatic heterocycles. The minimum atomic E-state index is -0.516. The maximum atomic E-state index is 10.4. The molecule has 0 aliphatic heterocycles. The van der Waals surface area contributed by atoms with Crippen LogP contribution in [0.4, 0.5) is 5.69 Å². The van der Waals surface area contributed by atoms with E-state index in [2.05, 4.69) is 12.6 Å². The van der Waals surface area contributed by atoms with Crippen LogP contribution in [0.5, 0.6) is 5.75 Å². The summed E-state index contributed by atoms with van der Waals surface area (Å²) in [5.74, 6) is 0.00976. The van der Waals surface area contributed by atoms with Crippen LogP contribution in [0.2, 0.25) is 0 Å². The quantitative estimate of drug-likeness (QED) is 0.486. The van der Waals surface area contributed by atoms with E-state index in [0.717, 1.165) is 0 Å². The van der Waals surface area contributed by atoms with E-state index in [4.69, 9.17) is 16.2 Å². The molecule has 4 nitrogen and oxygen atoms in total. The second-order valence-corrected chi connectivity index (χ2v) is 2.96. The first kappa shape index (κ1) is 9.73. The molecule has 5 heteroatoms. The minimum Gasteiger partial charge on any atom is -0.484 e. The largest absolute Gasteiger partial charge is 0.484 e. The number of nitrogens with two attached hydrogens (primary N) is 2. The van der Waals surface area contributed by atoms with Gasteiger partial charge in [-0.25, -0.2) is 0 Å². The maximum Gasteiger partial charge on any atom is 0.255 e. The Morgan fingerprint density at radius 3 is 2.77 bits per heavy atom. The van der Waals surface area contributed by atoms with Gasteiger partial charge in [0.25, 0.3) is 5.91 Å². The normalized spacial score (nSPS) is 9.62. The highest BCUT2D eigenvalue weighted by Gasteiger charge is 1.99. The first-order chi connectivity index (χ1) is 6.09. The van der Waals surface area contributed by atoms with Crippen molar-refractivity contribution in [2.45, 2.75) is 4.90 Å². The number of hydrogen-bond donors (Lipinski definition) is 3. The maximum absolute atomic E-state index is 10.4. The van der Waals surface area contributed by atoms with Crippen molar-refractivity contribution < 1.29 is 9.53 Å². The van der Waals surface area contributed by atoms with Gasteiger partial charge in [0, 0.05) is 10.6 Å². The van der Waals surface area contributed by atoms with E-state index in [9.17, 15) is 4.79 Å². The molecule has 0 atom stereocenters. The van der Waals surface area contributed by atoms with Crippen LogP contribution in [-0.2, 0) is 4.79 Å². The Hall–Kier alpha value is -1.36. The van der Waals surface area contributed by atoms with Crippen molar-refractivity contribution in [3.8, 4) is 5.75 Å². The molecule has 1 aromatic rings. The zero-order chi connectivity index (χ0) is 9.84. The smallest absolute Gasteiger partial charge is 0.255 e. The average molecular weight is 198 g/mol. The van der Waals surface area contributed by atoms with Crippen LogP contribution in [0, 0.1) is 0 Å². The molecule has 0 bridgehead atoms. The Kier molecular flexibility index (Phi) is 3.02. The van der Waals surface area contributed by atoms with Crippen LogP contribution in [0.1, 0.15) is 0 Å². The Bertz CT molecular complexity index is 328.